The van der Waals surface area contributed by atoms with Gasteiger partial charge in [-0.1, -0.05) is 13.3 Å². The third-order valence-corrected chi connectivity index (χ3v) is 4.85. The molecule has 3 nitrogen and oxygen atoms in total. The summed E-state index contributed by atoms with van der Waals surface area (Å²) in [7, 11) is 0. The van der Waals surface area contributed by atoms with E-state index in [2.05, 4.69) is 18.7 Å². The summed E-state index contributed by atoms with van der Waals surface area (Å²) in [4.78, 5) is 14.4. The molecule has 98 valence electrons. The van der Waals surface area contributed by atoms with Crippen LogP contribution in [-0.2, 0) is 4.79 Å². The quantitative estimate of drug-likeness (QED) is 0.801. The molecule has 4 atom stereocenters. The average Bonchev–Trinajstić information content (AvgIpc) is 2.68. The lowest BCUT2D eigenvalue weighted by atomic mass is 9.90. The number of rotatable bonds is 2. The number of hydrogen-bond acceptors (Lipinski definition) is 2. The van der Waals surface area contributed by atoms with Crippen molar-refractivity contribution in [1.82, 2.24) is 4.90 Å². The minimum absolute atomic E-state index is 0.261. The predicted octanol–water partition coefficient (Wildman–Crippen LogP) is 2.15. The highest BCUT2D eigenvalue weighted by atomic mass is 16.2. The Morgan fingerprint density at radius 3 is 2.65 bits per heavy atom. The molecule has 0 aromatic rings. The Morgan fingerprint density at radius 1 is 1.24 bits per heavy atom. The molecular weight excluding hydrogens is 212 g/mol. The van der Waals surface area contributed by atoms with Gasteiger partial charge < -0.3 is 10.6 Å². The van der Waals surface area contributed by atoms with Gasteiger partial charge in [-0.15, -0.1) is 0 Å². The van der Waals surface area contributed by atoms with Gasteiger partial charge in [0.05, 0.1) is 0 Å². The van der Waals surface area contributed by atoms with Crippen molar-refractivity contribution in [2.24, 2.45) is 17.6 Å². The Balaban J connectivity index is 1.90. The van der Waals surface area contributed by atoms with Crippen molar-refractivity contribution in [1.29, 1.82) is 0 Å². The molecule has 2 aliphatic rings. The fourth-order valence-electron chi connectivity index (χ4n) is 3.35. The van der Waals surface area contributed by atoms with Crippen LogP contribution in [0.3, 0.4) is 0 Å². The zero-order chi connectivity index (χ0) is 12.4. The molecule has 1 saturated heterocycles. The third-order valence-electron chi connectivity index (χ3n) is 4.85. The van der Waals surface area contributed by atoms with Gasteiger partial charge in [0.25, 0.3) is 0 Å². The molecule has 1 aliphatic carbocycles. The zero-order valence-corrected chi connectivity index (χ0v) is 11.2. The van der Waals surface area contributed by atoms with Crippen molar-refractivity contribution in [3.63, 3.8) is 0 Å². The average molecular weight is 238 g/mol. The Kier molecular flexibility index (Phi) is 4.08. The molecule has 2 fully saturated rings. The van der Waals surface area contributed by atoms with Crippen LogP contribution in [0.5, 0.6) is 0 Å². The maximum atomic E-state index is 12.3. The second kappa shape index (κ2) is 5.38. The first-order chi connectivity index (χ1) is 8.09. The number of hydrogen-bond donors (Lipinski definition) is 1. The lowest BCUT2D eigenvalue weighted by Crippen LogP contribution is -2.47. The maximum absolute atomic E-state index is 12.3. The van der Waals surface area contributed by atoms with Crippen LogP contribution in [0.2, 0.25) is 0 Å². The van der Waals surface area contributed by atoms with Crippen LogP contribution in [0.15, 0.2) is 0 Å². The van der Waals surface area contributed by atoms with Crippen LogP contribution in [0, 0.1) is 11.8 Å². The van der Waals surface area contributed by atoms with Crippen molar-refractivity contribution in [2.45, 2.75) is 64.5 Å². The van der Waals surface area contributed by atoms with Gasteiger partial charge in [0.2, 0.25) is 5.91 Å². The molecule has 0 aromatic carbocycles. The molecule has 17 heavy (non-hydrogen) atoms. The highest BCUT2D eigenvalue weighted by Gasteiger charge is 2.32. The van der Waals surface area contributed by atoms with Gasteiger partial charge >= 0.3 is 0 Å². The Bertz CT molecular complexity index is 279. The maximum Gasteiger partial charge on any atom is 0.223 e. The highest BCUT2D eigenvalue weighted by Crippen LogP contribution is 2.29. The van der Waals surface area contributed by atoms with Crippen LogP contribution in [0.4, 0.5) is 0 Å². The van der Waals surface area contributed by atoms with E-state index in [1.165, 1.54) is 12.8 Å². The number of nitrogens with two attached hydrogens (primary N) is 1. The SMILES string of the molecule is CC1CCCN(C(=O)C[C@@H]2CCC[C@H]2N)C1C. The van der Waals surface area contributed by atoms with Crippen molar-refractivity contribution in [3.8, 4) is 0 Å². The standard InChI is InChI=1S/C14H26N2O/c1-10-5-4-8-16(11(10)2)14(17)9-12-6-3-7-13(12)15/h10-13H,3-9,15H2,1-2H3/t10?,11?,12-,13+/m0/s1. The van der Waals surface area contributed by atoms with Gasteiger partial charge in [0.1, 0.15) is 0 Å². The van der Waals surface area contributed by atoms with Crippen LogP contribution in [-0.4, -0.2) is 29.4 Å². The van der Waals surface area contributed by atoms with Crippen LogP contribution < -0.4 is 5.73 Å². The molecule has 2 unspecified atom stereocenters. The van der Waals surface area contributed by atoms with Crippen molar-refractivity contribution in [3.05, 3.63) is 0 Å². The molecular formula is C14H26N2O. The van der Waals surface area contributed by atoms with Gasteiger partial charge in [-0.05, 0) is 44.4 Å². The van der Waals surface area contributed by atoms with Crippen molar-refractivity contribution >= 4 is 5.91 Å². The normalized spacial score (nSPS) is 38.4. The van der Waals surface area contributed by atoms with Crippen LogP contribution in [0.25, 0.3) is 0 Å². The van der Waals surface area contributed by atoms with Crippen LogP contribution >= 0.6 is 0 Å². The summed E-state index contributed by atoms with van der Waals surface area (Å²) < 4.78 is 0. The van der Waals surface area contributed by atoms with Crippen molar-refractivity contribution < 1.29 is 4.79 Å². The topological polar surface area (TPSA) is 46.3 Å². The molecule has 1 heterocycles. The molecule has 1 amide bonds. The first-order valence-electron chi connectivity index (χ1n) is 7.14. The largest absolute Gasteiger partial charge is 0.340 e. The van der Waals surface area contributed by atoms with E-state index in [0.29, 0.717) is 30.2 Å². The van der Waals surface area contributed by atoms with E-state index in [1.54, 1.807) is 0 Å². The van der Waals surface area contributed by atoms with Crippen LogP contribution in [0.1, 0.15) is 52.4 Å². The van der Waals surface area contributed by atoms with Gasteiger partial charge in [0, 0.05) is 25.0 Å². The fourth-order valence-corrected chi connectivity index (χ4v) is 3.35. The van der Waals surface area contributed by atoms with E-state index in [1.807, 2.05) is 0 Å². The van der Waals surface area contributed by atoms with E-state index in [9.17, 15) is 4.79 Å². The smallest absolute Gasteiger partial charge is 0.223 e. The van der Waals surface area contributed by atoms with E-state index >= 15 is 0 Å². The summed E-state index contributed by atoms with van der Waals surface area (Å²) in [6.45, 7) is 5.40. The lowest BCUT2D eigenvalue weighted by Gasteiger charge is -2.38. The Labute approximate surface area is 105 Å². The Hall–Kier alpha value is -0.570. The molecule has 2 rings (SSSR count). The summed E-state index contributed by atoms with van der Waals surface area (Å²) in [5, 5.41) is 0. The molecule has 0 bridgehead atoms. The highest BCUT2D eigenvalue weighted by molar-refractivity contribution is 5.77. The second-order valence-corrected chi connectivity index (χ2v) is 6.01. The minimum atomic E-state index is 0.261. The first kappa shape index (κ1) is 12.9. The summed E-state index contributed by atoms with van der Waals surface area (Å²) in [5.41, 5.74) is 6.05. The number of nitrogens with zero attached hydrogens (tertiary/aromatic N) is 1. The molecule has 0 aromatic heterocycles. The monoisotopic (exact) mass is 238 g/mol. The molecule has 0 spiro atoms. The van der Waals surface area contributed by atoms with E-state index in [4.69, 9.17) is 5.73 Å². The predicted molar refractivity (Wildman–Crippen MR) is 69.5 cm³/mol. The first-order valence-corrected chi connectivity index (χ1v) is 7.14. The number of amides is 1. The summed E-state index contributed by atoms with van der Waals surface area (Å²) in [5.74, 6) is 1.42. The van der Waals surface area contributed by atoms with Gasteiger partial charge in [-0.25, -0.2) is 0 Å². The summed E-state index contributed by atoms with van der Waals surface area (Å²) in [6, 6.07) is 0.672. The number of carbonyl (C=O) groups excluding carboxylic acids is 1. The van der Waals surface area contributed by atoms with Crippen molar-refractivity contribution in [2.75, 3.05) is 6.54 Å². The summed E-state index contributed by atoms with van der Waals surface area (Å²) >= 11 is 0. The molecule has 0 radical (unpaired) electrons. The zero-order valence-electron chi connectivity index (χ0n) is 11.2. The van der Waals surface area contributed by atoms with E-state index in [0.717, 1.165) is 25.8 Å². The second-order valence-electron chi connectivity index (χ2n) is 6.01. The number of likely N-dealkylation sites (tertiary alicyclic amines) is 1. The molecule has 3 heteroatoms. The molecule has 2 N–H and O–H groups in total. The third kappa shape index (κ3) is 2.82. The van der Waals surface area contributed by atoms with Gasteiger partial charge in [0.15, 0.2) is 0 Å². The number of carbonyl (C=O) groups is 1. The Morgan fingerprint density at radius 2 is 2.00 bits per heavy atom. The number of piperidine rings is 1. The molecule has 1 aliphatic heterocycles. The molecule has 1 saturated carbocycles. The lowest BCUT2D eigenvalue weighted by molar-refractivity contribution is -0.136. The fraction of sp³-hybridized carbons (Fsp3) is 0.929. The minimum Gasteiger partial charge on any atom is -0.340 e. The van der Waals surface area contributed by atoms with E-state index in [-0.39, 0.29) is 6.04 Å². The summed E-state index contributed by atoms with van der Waals surface area (Å²) in [6.07, 6.45) is 6.54. The van der Waals surface area contributed by atoms with Gasteiger partial charge in [-0.2, -0.15) is 0 Å². The van der Waals surface area contributed by atoms with E-state index < -0.39 is 0 Å². The van der Waals surface area contributed by atoms with Gasteiger partial charge in [-0.3, -0.25) is 4.79 Å².